The van der Waals surface area contributed by atoms with E-state index in [1.165, 1.54) is 0 Å². The second-order valence-electron chi connectivity index (χ2n) is 5.89. The second kappa shape index (κ2) is 10.8. The first-order valence-corrected chi connectivity index (χ1v) is 8.31. The number of carbonyl (C=O) groups is 1. The Morgan fingerprint density at radius 1 is 1.19 bits per heavy atom. The van der Waals surface area contributed by atoms with Gasteiger partial charge in [-0.1, -0.05) is 18.2 Å². The lowest BCUT2D eigenvalue weighted by atomic mass is 10.2. The number of benzene rings is 1. The Hall–Kier alpha value is -2.28. The van der Waals surface area contributed by atoms with Crippen LogP contribution in [0.1, 0.15) is 28.0 Å². The smallest absolute Gasteiger partial charge is 0.255 e. The van der Waals surface area contributed by atoms with Gasteiger partial charge in [0.15, 0.2) is 0 Å². The first kappa shape index (κ1) is 22.8. The Labute approximate surface area is 170 Å². The van der Waals surface area contributed by atoms with Crippen LogP contribution in [0.2, 0.25) is 0 Å². The van der Waals surface area contributed by atoms with Crippen LogP contribution in [0.3, 0.4) is 0 Å². The first-order chi connectivity index (χ1) is 12.2. The highest BCUT2D eigenvalue weighted by Gasteiger charge is 2.12. The molecule has 0 aliphatic carbocycles. The van der Waals surface area contributed by atoms with Gasteiger partial charge in [0.05, 0.1) is 11.3 Å². The molecule has 0 spiro atoms. The summed E-state index contributed by atoms with van der Waals surface area (Å²) in [6.45, 7) is 3.43. The number of pyridine rings is 1. The molecule has 0 fully saturated rings. The van der Waals surface area contributed by atoms with Gasteiger partial charge in [-0.2, -0.15) is 0 Å². The van der Waals surface area contributed by atoms with Gasteiger partial charge in [-0.05, 0) is 43.7 Å². The number of aromatic nitrogens is 2. The van der Waals surface area contributed by atoms with E-state index in [-0.39, 0.29) is 30.7 Å². The van der Waals surface area contributed by atoms with Crippen LogP contribution in [-0.2, 0) is 6.61 Å². The summed E-state index contributed by atoms with van der Waals surface area (Å²) in [5.41, 5.74) is 8.81. The number of halogens is 2. The minimum absolute atomic E-state index is 0. The van der Waals surface area contributed by atoms with E-state index in [1.54, 1.807) is 12.1 Å². The second-order valence-corrected chi connectivity index (χ2v) is 5.89. The molecule has 0 bridgehead atoms. The monoisotopic (exact) mass is 410 g/mol. The van der Waals surface area contributed by atoms with Crippen molar-refractivity contribution in [2.45, 2.75) is 20.0 Å². The predicted molar refractivity (Wildman–Crippen MR) is 111 cm³/mol. The van der Waals surface area contributed by atoms with Crippen molar-refractivity contribution in [3.63, 3.8) is 0 Å². The van der Waals surface area contributed by atoms with Crippen molar-refractivity contribution >= 4 is 36.4 Å². The van der Waals surface area contributed by atoms with Crippen molar-refractivity contribution in [3.05, 3.63) is 65.6 Å². The number of para-hydroxylation sites is 1. The highest BCUT2D eigenvalue weighted by atomic mass is 35.5. The summed E-state index contributed by atoms with van der Waals surface area (Å²) < 4.78 is 7.82. The van der Waals surface area contributed by atoms with Crippen LogP contribution in [0.25, 0.3) is 5.65 Å². The van der Waals surface area contributed by atoms with Gasteiger partial charge in [-0.3, -0.25) is 4.79 Å². The Morgan fingerprint density at radius 3 is 2.74 bits per heavy atom. The fraction of sp³-hybridized carbons (Fsp3) is 0.263. The predicted octanol–water partition coefficient (Wildman–Crippen LogP) is 3.14. The molecule has 146 valence electrons. The lowest BCUT2D eigenvalue weighted by molar-refractivity contribution is 0.0949. The van der Waals surface area contributed by atoms with Crippen LogP contribution in [-0.4, -0.2) is 28.4 Å². The summed E-state index contributed by atoms with van der Waals surface area (Å²) in [6, 6.07) is 11.2. The number of amides is 1. The number of nitrogens with two attached hydrogens (primary N) is 1. The molecule has 8 heteroatoms. The lowest BCUT2D eigenvalue weighted by Gasteiger charge is -2.10. The number of fused-ring (bicyclic) bond motifs is 1. The van der Waals surface area contributed by atoms with E-state index in [0.29, 0.717) is 31.0 Å². The molecule has 0 saturated heterocycles. The van der Waals surface area contributed by atoms with Crippen LogP contribution >= 0.6 is 24.8 Å². The van der Waals surface area contributed by atoms with Gasteiger partial charge in [-0.15, -0.1) is 24.8 Å². The zero-order valence-corrected chi connectivity index (χ0v) is 16.7. The molecule has 2 heterocycles. The molecular weight excluding hydrogens is 387 g/mol. The number of carbonyl (C=O) groups excluding carboxylic acids is 1. The normalized spacial score (nSPS) is 10.0. The summed E-state index contributed by atoms with van der Waals surface area (Å²) in [5.74, 6) is 0.385. The summed E-state index contributed by atoms with van der Waals surface area (Å²) in [6.07, 6.45) is 4.70. The first-order valence-electron chi connectivity index (χ1n) is 8.31. The van der Waals surface area contributed by atoms with Gasteiger partial charge >= 0.3 is 0 Å². The van der Waals surface area contributed by atoms with Crippen LogP contribution in [0.5, 0.6) is 5.75 Å². The van der Waals surface area contributed by atoms with Gasteiger partial charge in [0, 0.05) is 18.9 Å². The van der Waals surface area contributed by atoms with E-state index in [0.717, 1.165) is 23.3 Å². The molecule has 6 nitrogen and oxygen atoms in total. The largest absolute Gasteiger partial charge is 0.486 e. The average molecular weight is 411 g/mol. The Bertz CT molecular complexity index is 883. The molecule has 0 aliphatic rings. The van der Waals surface area contributed by atoms with E-state index < -0.39 is 0 Å². The van der Waals surface area contributed by atoms with Gasteiger partial charge in [0.2, 0.25) is 0 Å². The molecule has 0 aliphatic heterocycles. The molecule has 27 heavy (non-hydrogen) atoms. The summed E-state index contributed by atoms with van der Waals surface area (Å²) in [7, 11) is 0. The van der Waals surface area contributed by atoms with Gasteiger partial charge < -0.3 is 20.2 Å². The maximum absolute atomic E-state index is 12.3. The SMILES string of the molecule is Cc1ccc2nc(COc3ccccc3C(=O)NCCCN)cn2c1.Cl.Cl. The maximum atomic E-state index is 12.3. The fourth-order valence-corrected chi connectivity index (χ4v) is 2.56. The van der Waals surface area contributed by atoms with Gasteiger partial charge in [0.1, 0.15) is 18.0 Å². The van der Waals surface area contributed by atoms with Gasteiger partial charge in [0.25, 0.3) is 5.91 Å². The Kier molecular flexibility index (Phi) is 9.08. The summed E-state index contributed by atoms with van der Waals surface area (Å²) in [5, 5.41) is 2.85. The highest BCUT2D eigenvalue weighted by Crippen LogP contribution is 2.19. The number of hydrogen-bond acceptors (Lipinski definition) is 4. The van der Waals surface area contributed by atoms with Crippen LogP contribution in [0, 0.1) is 6.92 Å². The van der Waals surface area contributed by atoms with Crippen molar-refractivity contribution in [1.29, 1.82) is 0 Å². The molecule has 0 atom stereocenters. The van der Waals surface area contributed by atoms with E-state index in [4.69, 9.17) is 10.5 Å². The third-order valence-electron chi connectivity index (χ3n) is 3.82. The number of ether oxygens (including phenoxy) is 1. The summed E-state index contributed by atoms with van der Waals surface area (Å²) in [4.78, 5) is 16.8. The molecule has 0 saturated carbocycles. The van der Waals surface area contributed by atoms with Crippen molar-refractivity contribution < 1.29 is 9.53 Å². The third-order valence-corrected chi connectivity index (χ3v) is 3.82. The molecule has 0 unspecified atom stereocenters. The molecular formula is C19H24Cl2N4O2. The number of rotatable bonds is 7. The molecule has 3 aromatic rings. The molecule has 1 aromatic carbocycles. The van der Waals surface area contributed by atoms with Crippen molar-refractivity contribution in [2.75, 3.05) is 13.1 Å². The van der Waals surface area contributed by atoms with E-state index in [1.807, 2.05) is 48.0 Å². The van der Waals surface area contributed by atoms with Crippen LogP contribution < -0.4 is 15.8 Å². The molecule has 2 aromatic heterocycles. The quantitative estimate of drug-likeness (QED) is 0.586. The van der Waals surface area contributed by atoms with E-state index >= 15 is 0 Å². The highest BCUT2D eigenvalue weighted by molar-refractivity contribution is 5.96. The average Bonchev–Trinajstić information content (AvgIpc) is 3.02. The molecule has 3 N–H and O–H groups in total. The fourth-order valence-electron chi connectivity index (χ4n) is 2.56. The van der Waals surface area contributed by atoms with Crippen molar-refractivity contribution in [1.82, 2.24) is 14.7 Å². The topological polar surface area (TPSA) is 81.6 Å². The number of aryl methyl sites for hydroxylation is 1. The Balaban J connectivity index is 0.00000182. The van der Waals surface area contributed by atoms with Crippen LogP contribution in [0.4, 0.5) is 0 Å². The minimum atomic E-state index is -0.158. The number of nitrogens with zero attached hydrogens (tertiary/aromatic N) is 2. The minimum Gasteiger partial charge on any atom is -0.486 e. The van der Waals surface area contributed by atoms with Crippen molar-refractivity contribution in [3.8, 4) is 5.75 Å². The number of imidazole rings is 1. The number of hydrogen-bond donors (Lipinski definition) is 2. The van der Waals surface area contributed by atoms with E-state index in [2.05, 4.69) is 10.3 Å². The third kappa shape index (κ3) is 5.85. The molecule has 0 radical (unpaired) electrons. The van der Waals surface area contributed by atoms with E-state index in [9.17, 15) is 4.79 Å². The zero-order chi connectivity index (χ0) is 17.6. The molecule has 1 amide bonds. The maximum Gasteiger partial charge on any atom is 0.255 e. The van der Waals surface area contributed by atoms with Crippen LogP contribution in [0.15, 0.2) is 48.8 Å². The van der Waals surface area contributed by atoms with Gasteiger partial charge in [-0.25, -0.2) is 4.98 Å². The van der Waals surface area contributed by atoms with Crippen molar-refractivity contribution in [2.24, 2.45) is 5.73 Å². The lowest BCUT2D eigenvalue weighted by Crippen LogP contribution is -2.26. The summed E-state index contributed by atoms with van der Waals surface area (Å²) >= 11 is 0. The zero-order valence-electron chi connectivity index (χ0n) is 15.1. The Morgan fingerprint density at radius 2 is 1.96 bits per heavy atom. The number of nitrogens with one attached hydrogen (secondary N) is 1. The molecule has 3 rings (SSSR count). The standard InChI is InChI=1S/C19H22N4O2.2ClH/c1-14-7-8-18-22-15(12-23(18)11-14)13-25-17-6-3-2-5-16(17)19(24)21-10-4-9-20;;/h2-3,5-8,11-12H,4,9-10,13,20H2,1H3,(H,21,24);2*1H.